The molecular weight excluding hydrogens is 257 g/mol. The molecule has 0 heterocycles. The van der Waals surface area contributed by atoms with Crippen LogP contribution in [-0.4, -0.2) is 0 Å². The molecular formula is C13H11Cl2NO. The third-order valence-corrected chi connectivity index (χ3v) is 2.86. The molecule has 88 valence electrons. The minimum absolute atomic E-state index is 0.413. The lowest BCUT2D eigenvalue weighted by atomic mass is 10.2. The van der Waals surface area contributed by atoms with Gasteiger partial charge in [0.2, 0.25) is 0 Å². The minimum atomic E-state index is 0.413. The van der Waals surface area contributed by atoms with Gasteiger partial charge in [-0.15, -0.1) is 0 Å². The summed E-state index contributed by atoms with van der Waals surface area (Å²) in [6.07, 6.45) is 0. The van der Waals surface area contributed by atoms with E-state index in [9.17, 15) is 0 Å². The Morgan fingerprint density at radius 2 is 1.76 bits per heavy atom. The zero-order chi connectivity index (χ0) is 12.3. The number of benzene rings is 2. The molecule has 0 aromatic heterocycles. The Bertz CT molecular complexity index is 529. The van der Waals surface area contributed by atoms with Crippen LogP contribution in [-0.2, 0) is 6.54 Å². The Balaban J connectivity index is 2.22. The predicted octanol–water partition coefficient (Wildman–Crippen LogP) is 4.24. The second kappa shape index (κ2) is 5.41. The summed E-state index contributed by atoms with van der Waals surface area (Å²) in [5.74, 6) is 1.34. The van der Waals surface area contributed by atoms with Gasteiger partial charge in [0.15, 0.2) is 0 Å². The van der Waals surface area contributed by atoms with Crippen LogP contribution in [0.15, 0.2) is 42.5 Å². The number of hydrogen-bond acceptors (Lipinski definition) is 2. The fourth-order valence-corrected chi connectivity index (χ4v) is 1.85. The van der Waals surface area contributed by atoms with E-state index >= 15 is 0 Å². The van der Waals surface area contributed by atoms with Crippen LogP contribution in [0.1, 0.15) is 5.56 Å². The van der Waals surface area contributed by atoms with E-state index in [-0.39, 0.29) is 0 Å². The van der Waals surface area contributed by atoms with Crippen molar-refractivity contribution in [3.8, 4) is 11.5 Å². The molecule has 2 aromatic rings. The van der Waals surface area contributed by atoms with Crippen molar-refractivity contribution < 1.29 is 4.74 Å². The van der Waals surface area contributed by atoms with Gasteiger partial charge < -0.3 is 10.5 Å². The molecule has 2 rings (SSSR count). The van der Waals surface area contributed by atoms with Gasteiger partial charge in [-0.1, -0.05) is 35.3 Å². The Morgan fingerprint density at radius 3 is 2.41 bits per heavy atom. The Labute approximate surface area is 110 Å². The summed E-state index contributed by atoms with van der Waals surface area (Å²) in [7, 11) is 0. The maximum Gasteiger partial charge on any atom is 0.128 e. The second-order valence-corrected chi connectivity index (χ2v) is 4.36. The SMILES string of the molecule is NCc1ccc(Oc2cccc(Cl)c2)cc1Cl. The lowest BCUT2D eigenvalue weighted by Gasteiger charge is -2.08. The molecule has 0 fully saturated rings. The quantitative estimate of drug-likeness (QED) is 0.903. The molecule has 0 saturated carbocycles. The minimum Gasteiger partial charge on any atom is -0.457 e. The van der Waals surface area contributed by atoms with Gasteiger partial charge in [-0.2, -0.15) is 0 Å². The van der Waals surface area contributed by atoms with Crippen molar-refractivity contribution in [1.29, 1.82) is 0 Å². The van der Waals surface area contributed by atoms with E-state index < -0.39 is 0 Å². The molecule has 0 aliphatic rings. The van der Waals surface area contributed by atoms with Crippen molar-refractivity contribution in [3.05, 3.63) is 58.1 Å². The van der Waals surface area contributed by atoms with E-state index in [0.29, 0.717) is 28.1 Å². The fourth-order valence-electron chi connectivity index (χ4n) is 1.42. The predicted molar refractivity (Wildman–Crippen MR) is 70.9 cm³/mol. The van der Waals surface area contributed by atoms with Crippen LogP contribution in [0.25, 0.3) is 0 Å². The maximum atomic E-state index is 6.04. The van der Waals surface area contributed by atoms with Gasteiger partial charge in [0.1, 0.15) is 11.5 Å². The molecule has 4 heteroatoms. The first-order valence-electron chi connectivity index (χ1n) is 5.11. The summed E-state index contributed by atoms with van der Waals surface area (Å²) >= 11 is 11.9. The molecule has 0 saturated heterocycles. The van der Waals surface area contributed by atoms with Crippen molar-refractivity contribution in [2.24, 2.45) is 5.73 Å². The molecule has 17 heavy (non-hydrogen) atoms. The fraction of sp³-hybridized carbons (Fsp3) is 0.0769. The normalized spacial score (nSPS) is 10.3. The van der Waals surface area contributed by atoms with Gasteiger partial charge in [0.25, 0.3) is 0 Å². The van der Waals surface area contributed by atoms with Crippen molar-refractivity contribution in [1.82, 2.24) is 0 Å². The first-order chi connectivity index (χ1) is 8.19. The van der Waals surface area contributed by atoms with E-state index in [1.54, 1.807) is 18.2 Å². The van der Waals surface area contributed by atoms with Crippen molar-refractivity contribution >= 4 is 23.2 Å². The number of nitrogens with two attached hydrogens (primary N) is 1. The van der Waals surface area contributed by atoms with Gasteiger partial charge in [-0.05, 0) is 35.9 Å². The zero-order valence-electron chi connectivity index (χ0n) is 8.99. The van der Waals surface area contributed by atoms with Crippen LogP contribution >= 0.6 is 23.2 Å². The van der Waals surface area contributed by atoms with Gasteiger partial charge in [-0.3, -0.25) is 0 Å². The summed E-state index contributed by atoms with van der Waals surface area (Å²) < 4.78 is 5.63. The molecule has 2 N–H and O–H groups in total. The van der Waals surface area contributed by atoms with Crippen molar-refractivity contribution in [2.75, 3.05) is 0 Å². The van der Waals surface area contributed by atoms with Crippen LogP contribution in [0, 0.1) is 0 Å². The largest absolute Gasteiger partial charge is 0.457 e. The Morgan fingerprint density at radius 1 is 1.00 bits per heavy atom. The molecule has 2 aromatic carbocycles. The van der Waals surface area contributed by atoms with E-state index in [2.05, 4.69) is 0 Å². The summed E-state index contributed by atoms with van der Waals surface area (Å²) in [6.45, 7) is 0.413. The van der Waals surface area contributed by atoms with E-state index in [1.165, 1.54) is 0 Å². The number of halogens is 2. The lowest BCUT2D eigenvalue weighted by molar-refractivity contribution is 0.482. The third-order valence-electron chi connectivity index (χ3n) is 2.28. The van der Waals surface area contributed by atoms with Crippen LogP contribution in [0.5, 0.6) is 11.5 Å². The van der Waals surface area contributed by atoms with Crippen LogP contribution in [0.3, 0.4) is 0 Å². The molecule has 0 amide bonds. The number of hydrogen-bond donors (Lipinski definition) is 1. The molecule has 0 bridgehead atoms. The Hall–Kier alpha value is -1.22. The van der Waals surface area contributed by atoms with Crippen LogP contribution < -0.4 is 10.5 Å². The molecule has 0 radical (unpaired) electrons. The van der Waals surface area contributed by atoms with E-state index in [0.717, 1.165) is 5.56 Å². The van der Waals surface area contributed by atoms with Gasteiger partial charge in [0, 0.05) is 16.6 Å². The third kappa shape index (κ3) is 3.13. The average molecular weight is 268 g/mol. The highest BCUT2D eigenvalue weighted by Crippen LogP contribution is 2.27. The lowest BCUT2D eigenvalue weighted by Crippen LogP contribution is -1.97. The maximum absolute atomic E-state index is 6.04. The smallest absolute Gasteiger partial charge is 0.128 e. The molecule has 2 nitrogen and oxygen atoms in total. The van der Waals surface area contributed by atoms with Crippen LogP contribution in [0.4, 0.5) is 0 Å². The highest BCUT2D eigenvalue weighted by Gasteiger charge is 2.02. The number of ether oxygens (including phenoxy) is 1. The highest BCUT2D eigenvalue weighted by atomic mass is 35.5. The topological polar surface area (TPSA) is 35.2 Å². The first-order valence-corrected chi connectivity index (χ1v) is 5.86. The zero-order valence-corrected chi connectivity index (χ0v) is 10.5. The molecule has 0 unspecified atom stereocenters. The average Bonchev–Trinajstić information content (AvgIpc) is 2.29. The molecule has 0 aliphatic carbocycles. The first kappa shape index (κ1) is 12.2. The van der Waals surface area contributed by atoms with E-state index in [1.807, 2.05) is 24.3 Å². The standard InChI is InChI=1S/C13H11Cl2NO/c14-10-2-1-3-11(6-10)17-12-5-4-9(8-16)13(15)7-12/h1-7H,8,16H2. The van der Waals surface area contributed by atoms with Gasteiger partial charge in [0.05, 0.1) is 0 Å². The molecule has 0 atom stereocenters. The van der Waals surface area contributed by atoms with Gasteiger partial charge in [-0.25, -0.2) is 0 Å². The van der Waals surface area contributed by atoms with Crippen molar-refractivity contribution in [2.45, 2.75) is 6.54 Å². The molecule has 0 spiro atoms. The Kier molecular flexibility index (Phi) is 3.89. The van der Waals surface area contributed by atoms with Crippen molar-refractivity contribution in [3.63, 3.8) is 0 Å². The summed E-state index contributed by atoms with van der Waals surface area (Å²) in [5, 5.41) is 1.24. The van der Waals surface area contributed by atoms with Crippen LogP contribution in [0.2, 0.25) is 10.0 Å². The summed E-state index contributed by atoms with van der Waals surface area (Å²) in [6, 6.07) is 12.6. The monoisotopic (exact) mass is 267 g/mol. The van der Waals surface area contributed by atoms with Gasteiger partial charge >= 0.3 is 0 Å². The molecule has 0 aliphatic heterocycles. The summed E-state index contributed by atoms with van der Waals surface area (Å²) in [4.78, 5) is 0. The van der Waals surface area contributed by atoms with E-state index in [4.69, 9.17) is 33.7 Å². The second-order valence-electron chi connectivity index (χ2n) is 3.52. The number of rotatable bonds is 3. The highest BCUT2D eigenvalue weighted by molar-refractivity contribution is 6.31. The summed E-state index contributed by atoms with van der Waals surface area (Å²) in [5.41, 5.74) is 6.42.